The summed E-state index contributed by atoms with van der Waals surface area (Å²) in [5, 5.41) is 0. The molecule has 0 amide bonds. The Morgan fingerprint density at radius 3 is 1.96 bits per heavy atom. The lowest BCUT2D eigenvalue weighted by atomic mass is 10.2. The number of pyridine rings is 3. The molecule has 0 aliphatic carbocycles. The lowest BCUT2D eigenvalue weighted by Crippen LogP contribution is -2.12. The Balaban J connectivity index is 2.01. The van der Waals surface area contributed by atoms with E-state index in [0.717, 1.165) is 0 Å². The van der Waals surface area contributed by atoms with E-state index in [1.165, 1.54) is 7.11 Å². The van der Waals surface area contributed by atoms with E-state index in [-0.39, 0.29) is 6.61 Å². The first-order valence-corrected chi connectivity index (χ1v) is 7.31. The van der Waals surface area contributed by atoms with Gasteiger partial charge in [0.15, 0.2) is 6.61 Å². The van der Waals surface area contributed by atoms with Gasteiger partial charge in [-0.2, -0.15) is 0 Å². The number of hydrogen-bond donors (Lipinski definition) is 0. The summed E-state index contributed by atoms with van der Waals surface area (Å²) in [5.74, 6) is 0.0438. The number of ether oxygens (including phenoxy) is 2. The highest BCUT2D eigenvalue weighted by atomic mass is 16.6. The van der Waals surface area contributed by atoms with Gasteiger partial charge in [0.1, 0.15) is 5.75 Å². The summed E-state index contributed by atoms with van der Waals surface area (Å²) < 4.78 is 10.1. The van der Waals surface area contributed by atoms with Crippen LogP contribution in [-0.2, 0) is 9.53 Å². The van der Waals surface area contributed by atoms with Gasteiger partial charge in [0.2, 0.25) is 0 Å². The molecule has 0 spiro atoms. The third-order valence-corrected chi connectivity index (χ3v) is 3.24. The SMILES string of the molecule is COC(=O)COc1cc(-c2ccccn2)nc(-c2ccccn2)c1. The van der Waals surface area contributed by atoms with E-state index in [1.807, 2.05) is 36.4 Å². The maximum Gasteiger partial charge on any atom is 0.343 e. The predicted molar refractivity (Wildman–Crippen MR) is 88.2 cm³/mol. The zero-order valence-electron chi connectivity index (χ0n) is 13.0. The third kappa shape index (κ3) is 3.73. The van der Waals surface area contributed by atoms with Gasteiger partial charge >= 0.3 is 5.97 Å². The van der Waals surface area contributed by atoms with Crippen molar-refractivity contribution in [3.05, 3.63) is 60.9 Å². The Hall–Kier alpha value is -3.28. The summed E-state index contributed by atoms with van der Waals surface area (Å²) in [6.07, 6.45) is 3.39. The lowest BCUT2D eigenvalue weighted by Gasteiger charge is -2.09. The fourth-order valence-electron chi connectivity index (χ4n) is 2.08. The molecule has 0 saturated heterocycles. The van der Waals surface area contributed by atoms with E-state index < -0.39 is 5.97 Å². The van der Waals surface area contributed by atoms with E-state index in [2.05, 4.69) is 19.7 Å². The van der Waals surface area contributed by atoms with E-state index in [1.54, 1.807) is 24.5 Å². The Kier molecular flexibility index (Phi) is 4.76. The highest BCUT2D eigenvalue weighted by Crippen LogP contribution is 2.26. The molecular weight excluding hydrogens is 306 g/mol. The molecule has 120 valence electrons. The Bertz CT molecular complexity index is 766. The van der Waals surface area contributed by atoms with Crippen LogP contribution in [0.2, 0.25) is 0 Å². The summed E-state index contributed by atoms with van der Waals surface area (Å²) in [4.78, 5) is 24.5. The predicted octanol–water partition coefficient (Wildman–Crippen LogP) is 2.76. The lowest BCUT2D eigenvalue weighted by molar-refractivity contribution is -0.142. The van der Waals surface area contributed by atoms with Crippen LogP contribution < -0.4 is 4.74 Å². The van der Waals surface area contributed by atoms with Crippen LogP contribution in [0.25, 0.3) is 22.8 Å². The monoisotopic (exact) mass is 321 g/mol. The second-order valence-electron chi connectivity index (χ2n) is 4.87. The average Bonchev–Trinajstić information content (AvgIpc) is 2.67. The van der Waals surface area contributed by atoms with Gasteiger partial charge in [-0.25, -0.2) is 9.78 Å². The largest absolute Gasteiger partial charge is 0.482 e. The van der Waals surface area contributed by atoms with Crippen LogP contribution in [0.5, 0.6) is 5.75 Å². The van der Waals surface area contributed by atoms with Gasteiger partial charge in [-0.1, -0.05) is 12.1 Å². The quantitative estimate of drug-likeness (QED) is 0.673. The van der Waals surface area contributed by atoms with Gasteiger partial charge in [0.05, 0.1) is 29.9 Å². The molecule has 0 aliphatic heterocycles. The number of esters is 1. The maximum absolute atomic E-state index is 11.3. The fourth-order valence-corrected chi connectivity index (χ4v) is 2.08. The zero-order chi connectivity index (χ0) is 16.8. The standard InChI is InChI=1S/C18H15N3O3/c1-23-18(22)12-24-13-10-16(14-6-2-4-8-19-14)21-17(11-13)15-7-3-5-9-20-15/h2-11H,12H2,1H3. The smallest absolute Gasteiger partial charge is 0.343 e. The highest BCUT2D eigenvalue weighted by Gasteiger charge is 2.10. The number of hydrogen-bond acceptors (Lipinski definition) is 6. The van der Waals surface area contributed by atoms with Crippen LogP contribution in [0.15, 0.2) is 60.9 Å². The Morgan fingerprint density at radius 1 is 0.917 bits per heavy atom. The van der Waals surface area contributed by atoms with Crippen molar-refractivity contribution in [3.63, 3.8) is 0 Å². The molecule has 24 heavy (non-hydrogen) atoms. The van der Waals surface area contributed by atoms with Gasteiger partial charge in [-0.3, -0.25) is 9.97 Å². The van der Waals surface area contributed by atoms with Gasteiger partial charge in [-0.15, -0.1) is 0 Å². The van der Waals surface area contributed by atoms with E-state index in [4.69, 9.17) is 4.74 Å². The van der Waals surface area contributed by atoms with Gasteiger partial charge < -0.3 is 9.47 Å². The second-order valence-corrected chi connectivity index (χ2v) is 4.87. The maximum atomic E-state index is 11.3. The fraction of sp³-hybridized carbons (Fsp3) is 0.111. The van der Waals surface area contributed by atoms with Crippen LogP contribution in [0, 0.1) is 0 Å². The highest BCUT2D eigenvalue weighted by molar-refractivity contribution is 5.71. The Labute approximate surface area is 139 Å². The summed E-state index contributed by atoms with van der Waals surface area (Å²) in [7, 11) is 1.32. The van der Waals surface area contributed by atoms with Crippen LogP contribution in [0.3, 0.4) is 0 Å². The van der Waals surface area contributed by atoms with E-state index in [9.17, 15) is 4.79 Å². The number of rotatable bonds is 5. The molecule has 0 saturated carbocycles. The van der Waals surface area contributed by atoms with Crippen molar-refractivity contribution in [1.29, 1.82) is 0 Å². The van der Waals surface area contributed by atoms with Crippen LogP contribution in [0.4, 0.5) is 0 Å². The molecule has 0 N–H and O–H groups in total. The molecule has 0 radical (unpaired) electrons. The van der Waals surface area contributed by atoms with E-state index >= 15 is 0 Å². The third-order valence-electron chi connectivity index (χ3n) is 3.24. The number of methoxy groups -OCH3 is 1. The van der Waals surface area contributed by atoms with Crippen molar-refractivity contribution >= 4 is 5.97 Å². The number of carbonyl (C=O) groups is 1. The van der Waals surface area contributed by atoms with Gasteiger partial charge in [0, 0.05) is 24.5 Å². The molecule has 0 aliphatic rings. The van der Waals surface area contributed by atoms with Gasteiger partial charge in [0.25, 0.3) is 0 Å². The molecule has 0 atom stereocenters. The van der Waals surface area contributed by atoms with Crippen molar-refractivity contribution in [3.8, 4) is 28.5 Å². The molecule has 0 aromatic carbocycles. The van der Waals surface area contributed by atoms with Crippen molar-refractivity contribution < 1.29 is 14.3 Å². The summed E-state index contributed by atoms with van der Waals surface area (Å²) in [6, 6.07) is 14.6. The molecule has 6 heteroatoms. The number of nitrogens with zero attached hydrogens (tertiary/aromatic N) is 3. The average molecular weight is 321 g/mol. The van der Waals surface area contributed by atoms with Crippen molar-refractivity contribution in [2.75, 3.05) is 13.7 Å². The van der Waals surface area contributed by atoms with Crippen molar-refractivity contribution in [1.82, 2.24) is 15.0 Å². The second kappa shape index (κ2) is 7.32. The molecule has 3 aromatic heterocycles. The van der Waals surface area contributed by atoms with Crippen LogP contribution in [-0.4, -0.2) is 34.6 Å². The summed E-state index contributed by atoms with van der Waals surface area (Å²) in [5.41, 5.74) is 2.69. The molecule has 0 bridgehead atoms. The minimum Gasteiger partial charge on any atom is -0.482 e. The topological polar surface area (TPSA) is 74.2 Å². The summed E-state index contributed by atoms with van der Waals surface area (Å²) >= 11 is 0. The zero-order valence-corrected chi connectivity index (χ0v) is 13.0. The first-order chi connectivity index (χ1) is 11.8. The van der Waals surface area contributed by atoms with Crippen molar-refractivity contribution in [2.45, 2.75) is 0 Å². The molecule has 3 heterocycles. The molecule has 3 aromatic rings. The van der Waals surface area contributed by atoms with Crippen molar-refractivity contribution in [2.24, 2.45) is 0 Å². The minimum atomic E-state index is -0.453. The number of carbonyl (C=O) groups excluding carboxylic acids is 1. The first-order valence-electron chi connectivity index (χ1n) is 7.31. The molecule has 3 rings (SSSR count). The Morgan fingerprint density at radius 2 is 1.50 bits per heavy atom. The molecular formula is C18H15N3O3. The molecule has 0 fully saturated rings. The molecule has 0 unspecified atom stereocenters. The minimum absolute atomic E-state index is 0.177. The van der Waals surface area contributed by atoms with Crippen LogP contribution in [0.1, 0.15) is 0 Å². The molecule has 6 nitrogen and oxygen atoms in total. The van der Waals surface area contributed by atoms with E-state index in [0.29, 0.717) is 28.5 Å². The normalized spacial score (nSPS) is 10.2. The van der Waals surface area contributed by atoms with Gasteiger partial charge in [-0.05, 0) is 24.3 Å². The first kappa shape index (κ1) is 15.6. The van der Waals surface area contributed by atoms with Crippen LogP contribution >= 0.6 is 0 Å². The summed E-state index contributed by atoms with van der Waals surface area (Å²) in [6.45, 7) is -0.177. The number of aromatic nitrogens is 3.